The maximum atomic E-state index is 9.42. The van der Waals surface area contributed by atoms with E-state index in [4.69, 9.17) is 4.74 Å². The Labute approximate surface area is 100 Å². The van der Waals surface area contributed by atoms with Gasteiger partial charge in [0, 0.05) is 6.61 Å². The number of rotatable bonds is 6. The minimum atomic E-state index is -0.131. The summed E-state index contributed by atoms with van der Waals surface area (Å²) in [7, 11) is 0. The third kappa shape index (κ3) is 4.84. The van der Waals surface area contributed by atoms with Crippen molar-refractivity contribution in [3.05, 3.63) is 0 Å². The molecule has 0 heterocycles. The molecule has 4 unspecified atom stereocenters. The van der Waals surface area contributed by atoms with Crippen molar-refractivity contribution < 1.29 is 9.84 Å². The zero-order valence-electron chi connectivity index (χ0n) is 11.1. The van der Waals surface area contributed by atoms with Gasteiger partial charge in [-0.25, -0.2) is 0 Å². The Morgan fingerprint density at radius 1 is 1.25 bits per heavy atom. The molecular formula is C14H28O2. The molecule has 0 spiro atoms. The van der Waals surface area contributed by atoms with E-state index in [1.54, 1.807) is 0 Å². The summed E-state index contributed by atoms with van der Waals surface area (Å²) in [5, 5.41) is 9.42. The Hall–Kier alpha value is -0.0800. The Bertz CT molecular complexity index is 182. The van der Waals surface area contributed by atoms with Crippen molar-refractivity contribution in [1.29, 1.82) is 0 Å². The van der Waals surface area contributed by atoms with Crippen molar-refractivity contribution in [2.45, 2.75) is 71.5 Å². The van der Waals surface area contributed by atoms with Gasteiger partial charge < -0.3 is 9.84 Å². The van der Waals surface area contributed by atoms with Crippen molar-refractivity contribution >= 4 is 0 Å². The van der Waals surface area contributed by atoms with Gasteiger partial charge in [0.15, 0.2) is 0 Å². The van der Waals surface area contributed by atoms with Crippen LogP contribution in [0.2, 0.25) is 0 Å². The molecule has 0 aromatic heterocycles. The maximum absolute atomic E-state index is 9.42. The van der Waals surface area contributed by atoms with Crippen LogP contribution in [-0.4, -0.2) is 23.9 Å². The van der Waals surface area contributed by atoms with E-state index in [-0.39, 0.29) is 6.10 Å². The molecule has 1 rings (SSSR count). The summed E-state index contributed by atoms with van der Waals surface area (Å²) in [5.41, 5.74) is 0. The zero-order valence-corrected chi connectivity index (χ0v) is 11.1. The van der Waals surface area contributed by atoms with Gasteiger partial charge in [0.05, 0.1) is 12.2 Å². The van der Waals surface area contributed by atoms with Gasteiger partial charge in [-0.3, -0.25) is 0 Å². The second-order valence-corrected chi connectivity index (χ2v) is 5.46. The molecule has 0 aromatic rings. The van der Waals surface area contributed by atoms with Crippen LogP contribution in [0.3, 0.4) is 0 Å². The minimum absolute atomic E-state index is 0.131. The molecule has 1 saturated carbocycles. The lowest BCUT2D eigenvalue weighted by Gasteiger charge is -2.32. The average Bonchev–Trinajstić information content (AvgIpc) is 2.28. The summed E-state index contributed by atoms with van der Waals surface area (Å²) in [6.07, 6.45) is 6.84. The average molecular weight is 228 g/mol. The lowest BCUT2D eigenvalue weighted by Crippen LogP contribution is -2.27. The van der Waals surface area contributed by atoms with E-state index in [9.17, 15) is 5.11 Å². The quantitative estimate of drug-likeness (QED) is 0.706. The number of hydrogen-bond acceptors (Lipinski definition) is 2. The molecule has 1 fully saturated rings. The van der Waals surface area contributed by atoms with Gasteiger partial charge >= 0.3 is 0 Å². The SMILES string of the molecule is CCC(O)CCCOC1CCC(C)C(C)C1. The molecule has 4 atom stereocenters. The summed E-state index contributed by atoms with van der Waals surface area (Å²) in [4.78, 5) is 0. The Morgan fingerprint density at radius 3 is 2.62 bits per heavy atom. The van der Waals surface area contributed by atoms with Crippen LogP contribution >= 0.6 is 0 Å². The lowest BCUT2D eigenvalue weighted by atomic mass is 9.80. The monoisotopic (exact) mass is 228 g/mol. The van der Waals surface area contributed by atoms with E-state index in [1.165, 1.54) is 19.3 Å². The van der Waals surface area contributed by atoms with Gasteiger partial charge in [0.2, 0.25) is 0 Å². The highest BCUT2D eigenvalue weighted by molar-refractivity contribution is 4.75. The normalized spacial score (nSPS) is 32.6. The fraction of sp³-hybridized carbons (Fsp3) is 1.00. The van der Waals surface area contributed by atoms with Crippen molar-refractivity contribution in [2.24, 2.45) is 11.8 Å². The van der Waals surface area contributed by atoms with E-state index in [1.807, 2.05) is 6.92 Å². The highest BCUT2D eigenvalue weighted by Crippen LogP contribution is 2.30. The summed E-state index contributed by atoms with van der Waals surface area (Å²) in [5.74, 6) is 1.67. The highest BCUT2D eigenvalue weighted by Gasteiger charge is 2.24. The molecule has 0 aliphatic heterocycles. The minimum Gasteiger partial charge on any atom is -0.393 e. The van der Waals surface area contributed by atoms with E-state index in [0.29, 0.717) is 6.10 Å². The predicted molar refractivity (Wildman–Crippen MR) is 67.5 cm³/mol. The van der Waals surface area contributed by atoms with Gasteiger partial charge in [-0.1, -0.05) is 20.8 Å². The standard InChI is InChI=1S/C14H28O2/c1-4-13(15)6-5-9-16-14-8-7-11(2)12(3)10-14/h11-15H,4-10H2,1-3H3. The van der Waals surface area contributed by atoms with Crippen LogP contribution in [0, 0.1) is 11.8 Å². The first-order chi connectivity index (χ1) is 7.63. The van der Waals surface area contributed by atoms with E-state index in [2.05, 4.69) is 13.8 Å². The molecule has 1 N–H and O–H groups in total. The lowest BCUT2D eigenvalue weighted by molar-refractivity contribution is -0.00251. The molecule has 96 valence electrons. The van der Waals surface area contributed by atoms with Gasteiger partial charge in [-0.15, -0.1) is 0 Å². The molecule has 1 aliphatic rings. The number of aliphatic hydroxyl groups excluding tert-OH is 1. The summed E-state index contributed by atoms with van der Waals surface area (Å²) in [6, 6.07) is 0. The van der Waals surface area contributed by atoms with Crippen molar-refractivity contribution in [1.82, 2.24) is 0 Å². The summed E-state index contributed by atoms with van der Waals surface area (Å²) >= 11 is 0. The number of aliphatic hydroxyl groups is 1. The van der Waals surface area contributed by atoms with Crippen LogP contribution in [0.1, 0.15) is 59.3 Å². The Balaban J connectivity index is 2.05. The fourth-order valence-corrected chi connectivity index (χ4v) is 2.42. The van der Waals surface area contributed by atoms with Crippen LogP contribution in [0.4, 0.5) is 0 Å². The largest absolute Gasteiger partial charge is 0.393 e. The van der Waals surface area contributed by atoms with Gasteiger partial charge in [-0.2, -0.15) is 0 Å². The summed E-state index contributed by atoms with van der Waals surface area (Å²) in [6.45, 7) is 7.53. The fourth-order valence-electron chi connectivity index (χ4n) is 2.42. The molecule has 16 heavy (non-hydrogen) atoms. The second kappa shape index (κ2) is 7.29. The Morgan fingerprint density at radius 2 is 2.00 bits per heavy atom. The van der Waals surface area contributed by atoms with Crippen molar-refractivity contribution in [2.75, 3.05) is 6.61 Å². The van der Waals surface area contributed by atoms with Crippen LogP contribution in [0.15, 0.2) is 0 Å². The third-order valence-corrected chi connectivity index (χ3v) is 4.06. The molecule has 2 nitrogen and oxygen atoms in total. The van der Waals surface area contributed by atoms with Gasteiger partial charge in [-0.05, 0) is 50.4 Å². The summed E-state index contributed by atoms with van der Waals surface area (Å²) < 4.78 is 5.89. The van der Waals surface area contributed by atoms with Crippen LogP contribution in [0.5, 0.6) is 0 Å². The first-order valence-electron chi connectivity index (χ1n) is 6.93. The molecule has 0 amide bonds. The van der Waals surface area contributed by atoms with E-state index < -0.39 is 0 Å². The topological polar surface area (TPSA) is 29.5 Å². The molecule has 0 bridgehead atoms. The van der Waals surface area contributed by atoms with E-state index >= 15 is 0 Å². The highest BCUT2D eigenvalue weighted by atomic mass is 16.5. The smallest absolute Gasteiger partial charge is 0.0577 e. The molecular weight excluding hydrogens is 200 g/mol. The molecule has 2 heteroatoms. The molecule has 0 aromatic carbocycles. The van der Waals surface area contributed by atoms with Crippen LogP contribution in [0.25, 0.3) is 0 Å². The molecule has 0 saturated heterocycles. The third-order valence-electron chi connectivity index (χ3n) is 4.06. The second-order valence-electron chi connectivity index (χ2n) is 5.46. The number of hydrogen-bond donors (Lipinski definition) is 1. The molecule has 0 radical (unpaired) electrons. The predicted octanol–water partition coefficient (Wildman–Crippen LogP) is 3.38. The first kappa shape index (κ1) is 14.0. The van der Waals surface area contributed by atoms with Crippen molar-refractivity contribution in [3.8, 4) is 0 Å². The van der Waals surface area contributed by atoms with E-state index in [0.717, 1.165) is 37.7 Å². The Kier molecular flexibility index (Phi) is 6.37. The maximum Gasteiger partial charge on any atom is 0.0577 e. The van der Waals surface area contributed by atoms with Gasteiger partial charge in [0.1, 0.15) is 0 Å². The van der Waals surface area contributed by atoms with Crippen molar-refractivity contribution in [3.63, 3.8) is 0 Å². The first-order valence-corrected chi connectivity index (χ1v) is 6.93. The number of ether oxygens (including phenoxy) is 1. The van der Waals surface area contributed by atoms with Crippen LogP contribution in [-0.2, 0) is 4.74 Å². The zero-order chi connectivity index (χ0) is 12.0. The molecule has 1 aliphatic carbocycles. The van der Waals surface area contributed by atoms with Gasteiger partial charge in [0.25, 0.3) is 0 Å². The van der Waals surface area contributed by atoms with Crippen LogP contribution < -0.4 is 0 Å².